The predicted molar refractivity (Wildman–Crippen MR) is 70.2 cm³/mol. The van der Waals surface area contributed by atoms with Gasteiger partial charge in [-0.1, -0.05) is 12.1 Å². The van der Waals surface area contributed by atoms with Crippen LogP contribution in [-0.4, -0.2) is 34.0 Å². The summed E-state index contributed by atoms with van der Waals surface area (Å²) in [5.74, 6) is 1.27. The normalized spacial score (nSPS) is 19.5. The third-order valence-electron chi connectivity index (χ3n) is 3.79. The third-order valence-corrected chi connectivity index (χ3v) is 3.79. The maximum Gasteiger partial charge on any atom is 0.243 e. The minimum atomic E-state index is -0.185. The van der Waals surface area contributed by atoms with E-state index < -0.39 is 0 Å². The molecule has 1 fully saturated rings. The van der Waals surface area contributed by atoms with E-state index in [-0.39, 0.29) is 17.9 Å². The molecular formula is C13H22N4O2. The van der Waals surface area contributed by atoms with E-state index in [9.17, 15) is 4.79 Å². The van der Waals surface area contributed by atoms with Crippen molar-refractivity contribution < 1.29 is 9.32 Å². The van der Waals surface area contributed by atoms with Crippen molar-refractivity contribution in [1.29, 1.82) is 0 Å². The number of likely N-dealkylation sites (tertiary alicyclic amines) is 1. The molecule has 2 N–H and O–H groups in total. The van der Waals surface area contributed by atoms with Gasteiger partial charge < -0.3 is 10.3 Å². The van der Waals surface area contributed by atoms with Crippen molar-refractivity contribution in [3.8, 4) is 0 Å². The minimum Gasteiger partial charge on any atom is -0.369 e. The predicted octanol–water partition coefficient (Wildman–Crippen LogP) is 1.28. The number of rotatable bonds is 5. The molecule has 106 valence electrons. The lowest BCUT2D eigenvalue weighted by atomic mass is 9.95. The number of carbonyl (C=O) groups is 1. The molecule has 0 saturated carbocycles. The molecule has 1 aliphatic heterocycles. The molecule has 0 aromatic carbocycles. The van der Waals surface area contributed by atoms with Gasteiger partial charge in [0.05, 0.1) is 6.04 Å². The topological polar surface area (TPSA) is 85.3 Å². The number of primary amides is 1. The van der Waals surface area contributed by atoms with Gasteiger partial charge in [0.1, 0.15) is 0 Å². The van der Waals surface area contributed by atoms with E-state index in [1.807, 2.05) is 0 Å². The molecule has 1 saturated heterocycles. The van der Waals surface area contributed by atoms with Gasteiger partial charge in [-0.15, -0.1) is 0 Å². The molecule has 0 unspecified atom stereocenters. The smallest absolute Gasteiger partial charge is 0.243 e. The van der Waals surface area contributed by atoms with Crippen molar-refractivity contribution in [3.63, 3.8) is 0 Å². The first-order chi connectivity index (χ1) is 9.11. The Labute approximate surface area is 113 Å². The lowest BCUT2D eigenvalue weighted by molar-refractivity contribution is -0.123. The number of hydrogen-bond acceptors (Lipinski definition) is 5. The molecule has 19 heavy (non-hydrogen) atoms. The summed E-state index contributed by atoms with van der Waals surface area (Å²) in [5.41, 5.74) is 5.34. The second kappa shape index (κ2) is 6.14. The molecule has 1 aliphatic rings. The van der Waals surface area contributed by atoms with Crippen LogP contribution in [0.2, 0.25) is 0 Å². The van der Waals surface area contributed by atoms with E-state index in [0.29, 0.717) is 5.89 Å². The Morgan fingerprint density at radius 3 is 2.79 bits per heavy atom. The summed E-state index contributed by atoms with van der Waals surface area (Å²) in [6.45, 7) is 5.85. The lowest BCUT2D eigenvalue weighted by Gasteiger charge is -2.33. The number of carbonyl (C=O) groups excluding carboxylic acids is 1. The van der Waals surface area contributed by atoms with Gasteiger partial charge in [-0.25, -0.2) is 0 Å². The number of aromatic nitrogens is 2. The molecule has 1 atom stereocenters. The molecule has 1 aromatic rings. The van der Waals surface area contributed by atoms with Crippen LogP contribution in [0.15, 0.2) is 4.52 Å². The van der Waals surface area contributed by atoms with Crippen LogP contribution in [-0.2, 0) is 11.2 Å². The second-order valence-corrected chi connectivity index (χ2v) is 5.19. The fraction of sp³-hybridized carbons (Fsp3) is 0.769. The maximum absolute atomic E-state index is 11.1. The number of nitrogens with zero attached hydrogens (tertiary/aromatic N) is 3. The Kier molecular flexibility index (Phi) is 4.52. The monoisotopic (exact) mass is 266 g/mol. The van der Waals surface area contributed by atoms with Gasteiger partial charge in [0.15, 0.2) is 5.82 Å². The average Bonchev–Trinajstić information content (AvgIpc) is 2.87. The van der Waals surface area contributed by atoms with Crippen LogP contribution in [0.25, 0.3) is 0 Å². The fourth-order valence-electron chi connectivity index (χ4n) is 2.49. The number of amides is 1. The zero-order valence-electron chi connectivity index (χ0n) is 11.6. The molecule has 0 aliphatic carbocycles. The summed E-state index contributed by atoms with van der Waals surface area (Å²) in [5, 5.41) is 3.98. The zero-order chi connectivity index (χ0) is 13.8. The van der Waals surface area contributed by atoms with Crippen molar-refractivity contribution in [2.45, 2.75) is 45.6 Å². The molecule has 1 aromatic heterocycles. The Morgan fingerprint density at radius 1 is 1.53 bits per heavy atom. The summed E-state index contributed by atoms with van der Waals surface area (Å²) in [4.78, 5) is 17.8. The summed E-state index contributed by atoms with van der Waals surface area (Å²) < 4.78 is 5.31. The van der Waals surface area contributed by atoms with Gasteiger partial charge in [0, 0.05) is 12.3 Å². The van der Waals surface area contributed by atoms with E-state index in [1.54, 1.807) is 0 Å². The van der Waals surface area contributed by atoms with Crippen molar-refractivity contribution >= 4 is 5.91 Å². The molecule has 6 nitrogen and oxygen atoms in total. The molecule has 0 radical (unpaired) electrons. The zero-order valence-corrected chi connectivity index (χ0v) is 11.6. The Hall–Kier alpha value is -1.43. The highest BCUT2D eigenvalue weighted by atomic mass is 16.5. The van der Waals surface area contributed by atoms with E-state index >= 15 is 0 Å². The van der Waals surface area contributed by atoms with Crippen LogP contribution in [0.5, 0.6) is 0 Å². The molecule has 6 heteroatoms. The first kappa shape index (κ1) is 14.0. The molecule has 0 bridgehead atoms. The highest BCUT2D eigenvalue weighted by Crippen LogP contribution is 2.25. The lowest BCUT2D eigenvalue weighted by Crippen LogP contribution is -2.39. The van der Waals surface area contributed by atoms with Crippen molar-refractivity contribution in [2.24, 2.45) is 11.7 Å². The van der Waals surface area contributed by atoms with E-state index in [0.717, 1.165) is 44.6 Å². The molecule has 1 amide bonds. The summed E-state index contributed by atoms with van der Waals surface area (Å²) in [6.07, 6.45) is 3.49. The van der Waals surface area contributed by atoms with Gasteiger partial charge in [0.2, 0.25) is 11.8 Å². The van der Waals surface area contributed by atoms with Crippen molar-refractivity contribution in [2.75, 3.05) is 13.1 Å². The SMILES string of the molecule is CCCc1noc([C@@H](C)N2CCC(C(N)=O)CC2)n1. The molecule has 2 rings (SSSR count). The standard InChI is InChI=1S/C13H22N4O2/c1-3-4-11-15-13(19-16-11)9(2)17-7-5-10(6-8-17)12(14)18/h9-10H,3-8H2,1-2H3,(H2,14,18)/t9-/m1/s1. The Bertz CT molecular complexity index is 424. The van der Waals surface area contributed by atoms with Crippen LogP contribution >= 0.6 is 0 Å². The average molecular weight is 266 g/mol. The maximum atomic E-state index is 11.1. The van der Waals surface area contributed by atoms with Gasteiger partial charge in [0.25, 0.3) is 0 Å². The number of aryl methyl sites for hydroxylation is 1. The Balaban J connectivity index is 1.92. The Morgan fingerprint density at radius 2 is 2.21 bits per heavy atom. The van der Waals surface area contributed by atoms with Gasteiger partial charge in [-0.05, 0) is 39.3 Å². The van der Waals surface area contributed by atoms with Gasteiger partial charge in [-0.2, -0.15) is 4.98 Å². The molecule has 0 spiro atoms. The van der Waals surface area contributed by atoms with E-state index in [4.69, 9.17) is 10.3 Å². The highest BCUT2D eigenvalue weighted by Gasteiger charge is 2.28. The van der Waals surface area contributed by atoms with Crippen LogP contribution < -0.4 is 5.73 Å². The largest absolute Gasteiger partial charge is 0.369 e. The van der Waals surface area contributed by atoms with Crippen LogP contribution in [0, 0.1) is 5.92 Å². The highest BCUT2D eigenvalue weighted by molar-refractivity contribution is 5.76. The molecular weight excluding hydrogens is 244 g/mol. The van der Waals surface area contributed by atoms with Gasteiger partial charge >= 0.3 is 0 Å². The first-order valence-electron chi connectivity index (χ1n) is 6.97. The quantitative estimate of drug-likeness (QED) is 0.867. The number of hydrogen-bond donors (Lipinski definition) is 1. The minimum absolute atomic E-state index is 0.0155. The summed E-state index contributed by atoms with van der Waals surface area (Å²) in [6, 6.07) is 0.104. The first-order valence-corrected chi connectivity index (χ1v) is 6.97. The van der Waals surface area contributed by atoms with Crippen molar-refractivity contribution in [3.05, 3.63) is 11.7 Å². The van der Waals surface area contributed by atoms with E-state index in [1.165, 1.54) is 0 Å². The van der Waals surface area contributed by atoms with Gasteiger partial charge in [-0.3, -0.25) is 9.69 Å². The van der Waals surface area contributed by atoms with Crippen LogP contribution in [0.4, 0.5) is 0 Å². The second-order valence-electron chi connectivity index (χ2n) is 5.19. The number of nitrogens with two attached hydrogens (primary N) is 1. The number of piperidine rings is 1. The molecule has 2 heterocycles. The third kappa shape index (κ3) is 3.32. The van der Waals surface area contributed by atoms with Crippen LogP contribution in [0.3, 0.4) is 0 Å². The van der Waals surface area contributed by atoms with Crippen molar-refractivity contribution in [1.82, 2.24) is 15.0 Å². The van der Waals surface area contributed by atoms with E-state index in [2.05, 4.69) is 28.9 Å². The fourth-order valence-corrected chi connectivity index (χ4v) is 2.49. The van der Waals surface area contributed by atoms with Crippen LogP contribution in [0.1, 0.15) is 50.9 Å². The summed E-state index contributed by atoms with van der Waals surface area (Å²) >= 11 is 0. The summed E-state index contributed by atoms with van der Waals surface area (Å²) in [7, 11) is 0.